The van der Waals surface area contributed by atoms with Crippen LogP contribution in [0, 0.1) is 5.92 Å². The SMILES string of the molecule is O=C1Cc2cc(C(=O)COC(=O)C[C@H]3C=CCC3)ccc2N1. The summed E-state index contributed by atoms with van der Waals surface area (Å²) in [6.07, 6.45) is 6.65. The van der Waals surface area contributed by atoms with Gasteiger partial charge >= 0.3 is 5.97 Å². The minimum absolute atomic E-state index is 0.0735. The fourth-order valence-corrected chi connectivity index (χ4v) is 2.77. The third kappa shape index (κ3) is 3.24. The summed E-state index contributed by atoms with van der Waals surface area (Å²) in [5, 5.41) is 2.71. The van der Waals surface area contributed by atoms with Gasteiger partial charge < -0.3 is 10.1 Å². The molecule has 0 aromatic heterocycles. The van der Waals surface area contributed by atoms with Crippen molar-refractivity contribution in [2.45, 2.75) is 25.7 Å². The molecule has 1 aromatic carbocycles. The van der Waals surface area contributed by atoms with Crippen molar-refractivity contribution in [3.8, 4) is 0 Å². The Morgan fingerprint density at radius 3 is 2.95 bits per heavy atom. The quantitative estimate of drug-likeness (QED) is 0.514. The summed E-state index contributed by atoms with van der Waals surface area (Å²) in [5.74, 6) is -0.435. The average molecular weight is 299 g/mol. The lowest BCUT2D eigenvalue weighted by Crippen LogP contribution is -2.16. The molecule has 0 fully saturated rings. The molecule has 0 bridgehead atoms. The predicted molar refractivity (Wildman–Crippen MR) is 80.5 cm³/mol. The number of fused-ring (bicyclic) bond motifs is 1. The van der Waals surface area contributed by atoms with Gasteiger partial charge in [0.15, 0.2) is 12.4 Å². The summed E-state index contributed by atoms with van der Waals surface area (Å²) >= 11 is 0. The number of allylic oxidation sites excluding steroid dienone is 2. The summed E-state index contributed by atoms with van der Waals surface area (Å²) < 4.78 is 5.06. The average Bonchev–Trinajstić information content (AvgIpc) is 3.12. The number of benzene rings is 1. The lowest BCUT2D eigenvalue weighted by Gasteiger charge is -2.08. The Balaban J connectivity index is 1.54. The summed E-state index contributed by atoms with van der Waals surface area (Å²) in [6, 6.07) is 5.03. The largest absolute Gasteiger partial charge is 0.457 e. The lowest BCUT2D eigenvalue weighted by atomic mass is 10.1. The summed E-state index contributed by atoms with van der Waals surface area (Å²) in [5.41, 5.74) is 2.01. The third-order valence-corrected chi connectivity index (χ3v) is 3.96. The zero-order chi connectivity index (χ0) is 15.5. The maximum Gasteiger partial charge on any atom is 0.306 e. The van der Waals surface area contributed by atoms with Crippen molar-refractivity contribution in [2.24, 2.45) is 5.92 Å². The maximum absolute atomic E-state index is 12.1. The van der Waals surface area contributed by atoms with Crippen molar-refractivity contribution in [1.29, 1.82) is 0 Å². The molecule has 5 heteroatoms. The number of nitrogens with one attached hydrogen (secondary N) is 1. The molecule has 1 atom stereocenters. The van der Waals surface area contributed by atoms with Crippen LogP contribution >= 0.6 is 0 Å². The van der Waals surface area contributed by atoms with E-state index in [9.17, 15) is 14.4 Å². The van der Waals surface area contributed by atoms with Crippen LogP contribution in [0.4, 0.5) is 5.69 Å². The summed E-state index contributed by atoms with van der Waals surface area (Å²) in [6.45, 7) is -0.255. The smallest absolute Gasteiger partial charge is 0.306 e. The number of ether oxygens (including phenoxy) is 1. The fraction of sp³-hybridized carbons (Fsp3) is 0.353. The van der Waals surface area contributed by atoms with Crippen molar-refractivity contribution in [3.63, 3.8) is 0 Å². The van der Waals surface area contributed by atoms with Crippen molar-refractivity contribution < 1.29 is 19.1 Å². The van der Waals surface area contributed by atoms with Gasteiger partial charge in [-0.3, -0.25) is 14.4 Å². The third-order valence-electron chi connectivity index (χ3n) is 3.96. The molecule has 1 aromatic rings. The van der Waals surface area contributed by atoms with Gasteiger partial charge in [0.2, 0.25) is 5.91 Å². The Labute approximate surface area is 128 Å². The van der Waals surface area contributed by atoms with Crippen LogP contribution in [0.15, 0.2) is 30.4 Å². The molecular formula is C17H17NO4. The highest BCUT2D eigenvalue weighted by atomic mass is 16.5. The topological polar surface area (TPSA) is 72.5 Å². The number of rotatable bonds is 5. The highest BCUT2D eigenvalue weighted by Gasteiger charge is 2.20. The van der Waals surface area contributed by atoms with E-state index < -0.39 is 0 Å². The monoisotopic (exact) mass is 299 g/mol. The number of hydrogen-bond acceptors (Lipinski definition) is 4. The first-order chi connectivity index (χ1) is 10.6. The number of esters is 1. The molecule has 1 aliphatic heterocycles. The molecule has 3 rings (SSSR count). The van der Waals surface area contributed by atoms with Crippen molar-refractivity contribution >= 4 is 23.3 Å². The number of carbonyl (C=O) groups excluding carboxylic acids is 3. The van der Waals surface area contributed by atoms with E-state index in [2.05, 4.69) is 11.4 Å². The highest BCUT2D eigenvalue weighted by Crippen LogP contribution is 2.24. The van der Waals surface area contributed by atoms with E-state index in [-0.39, 0.29) is 36.6 Å². The molecule has 1 amide bonds. The first-order valence-electron chi connectivity index (χ1n) is 7.40. The molecular weight excluding hydrogens is 282 g/mol. The van der Waals surface area contributed by atoms with Crippen LogP contribution in [0.25, 0.3) is 0 Å². The molecule has 2 aliphatic rings. The van der Waals surface area contributed by atoms with Crippen molar-refractivity contribution in [1.82, 2.24) is 0 Å². The minimum Gasteiger partial charge on any atom is -0.457 e. The molecule has 1 heterocycles. The predicted octanol–water partition coefficient (Wildman–Crippen LogP) is 2.26. The second kappa shape index (κ2) is 6.13. The number of carbonyl (C=O) groups is 3. The van der Waals surface area contributed by atoms with Crippen LogP contribution in [-0.4, -0.2) is 24.3 Å². The summed E-state index contributed by atoms with van der Waals surface area (Å²) in [4.78, 5) is 35.1. The first kappa shape index (κ1) is 14.5. The van der Waals surface area contributed by atoms with Gasteiger partial charge in [0.25, 0.3) is 0 Å². The molecule has 0 radical (unpaired) electrons. The van der Waals surface area contributed by atoms with E-state index in [4.69, 9.17) is 4.74 Å². The zero-order valence-corrected chi connectivity index (χ0v) is 12.1. The number of amides is 1. The molecule has 22 heavy (non-hydrogen) atoms. The molecule has 0 unspecified atom stereocenters. The maximum atomic E-state index is 12.1. The first-order valence-corrected chi connectivity index (χ1v) is 7.40. The Morgan fingerprint density at radius 2 is 2.18 bits per heavy atom. The molecule has 0 saturated carbocycles. The molecule has 5 nitrogen and oxygen atoms in total. The second-order valence-electron chi connectivity index (χ2n) is 5.65. The normalized spacial score (nSPS) is 18.9. The summed E-state index contributed by atoms with van der Waals surface area (Å²) in [7, 11) is 0. The van der Waals surface area contributed by atoms with Gasteiger partial charge in [0.05, 0.1) is 12.8 Å². The molecule has 1 aliphatic carbocycles. The lowest BCUT2D eigenvalue weighted by molar-refractivity contribution is -0.143. The standard InChI is InChI=1S/C17H17NO4/c19-15(10-22-17(21)7-11-3-1-2-4-11)12-5-6-14-13(8-12)9-16(20)18-14/h1,3,5-6,8,11H,2,4,7,9-10H2,(H,18,20)/t11-/m0/s1. The van der Waals surface area contributed by atoms with Crippen LogP contribution in [-0.2, 0) is 20.7 Å². The van der Waals surface area contributed by atoms with Gasteiger partial charge in [-0.15, -0.1) is 0 Å². The Morgan fingerprint density at radius 1 is 1.32 bits per heavy atom. The number of anilines is 1. The van der Waals surface area contributed by atoms with E-state index in [1.54, 1.807) is 18.2 Å². The Bertz CT molecular complexity index is 663. The molecule has 0 spiro atoms. The van der Waals surface area contributed by atoms with Gasteiger partial charge in [-0.1, -0.05) is 12.2 Å². The Hall–Kier alpha value is -2.43. The van der Waals surface area contributed by atoms with Crippen LogP contribution < -0.4 is 5.32 Å². The van der Waals surface area contributed by atoms with Gasteiger partial charge in [-0.05, 0) is 42.5 Å². The Kier molecular flexibility index (Phi) is 4.04. The van der Waals surface area contributed by atoms with E-state index in [0.717, 1.165) is 24.1 Å². The number of Topliss-reactive ketones (excluding diaryl/α,β-unsaturated/α-hetero) is 1. The second-order valence-corrected chi connectivity index (χ2v) is 5.65. The van der Waals surface area contributed by atoms with Crippen LogP contribution in [0.5, 0.6) is 0 Å². The molecule has 1 N–H and O–H groups in total. The van der Waals surface area contributed by atoms with Crippen LogP contribution in [0.2, 0.25) is 0 Å². The van der Waals surface area contributed by atoms with Gasteiger partial charge in [-0.2, -0.15) is 0 Å². The van der Waals surface area contributed by atoms with Crippen LogP contribution in [0.1, 0.15) is 35.2 Å². The number of ketones is 1. The van der Waals surface area contributed by atoms with E-state index in [1.807, 2.05) is 6.08 Å². The van der Waals surface area contributed by atoms with Gasteiger partial charge in [0.1, 0.15) is 0 Å². The zero-order valence-electron chi connectivity index (χ0n) is 12.1. The fourth-order valence-electron chi connectivity index (χ4n) is 2.77. The van der Waals surface area contributed by atoms with Crippen molar-refractivity contribution in [3.05, 3.63) is 41.5 Å². The van der Waals surface area contributed by atoms with E-state index in [1.165, 1.54) is 0 Å². The van der Waals surface area contributed by atoms with E-state index in [0.29, 0.717) is 12.0 Å². The van der Waals surface area contributed by atoms with Crippen LogP contribution in [0.3, 0.4) is 0 Å². The number of hydrogen-bond donors (Lipinski definition) is 1. The minimum atomic E-state index is -0.345. The highest BCUT2D eigenvalue weighted by molar-refractivity contribution is 6.02. The molecule has 0 saturated heterocycles. The van der Waals surface area contributed by atoms with Gasteiger partial charge in [0, 0.05) is 11.3 Å². The molecule has 114 valence electrons. The van der Waals surface area contributed by atoms with Gasteiger partial charge in [-0.25, -0.2) is 0 Å². The van der Waals surface area contributed by atoms with E-state index >= 15 is 0 Å². The van der Waals surface area contributed by atoms with Crippen molar-refractivity contribution in [2.75, 3.05) is 11.9 Å².